The number of hydrogen-bond acceptors (Lipinski definition) is 7. The topological polar surface area (TPSA) is 63.6 Å². The number of ether oxygens (including phenoxy) is 1. The molecule has 6 rings (SSSR count). The molecule has 1 saturated carbocycles. The van der Waals surface area contributed by atoms with Gasteiger partial charge in [0.1, 0.15) is 17.9 Å². The fourth-order valence-electron chi connectivity index (χ4n) is 7.20. The van der Waals surface area contributed by atoms with Crippen LogP contribution in [0.4, 0.5) is 10.2 Å². The third-order valence-corrected chi connectivity index (χ3v) is 15.2. The average molecular weight is 576 g/mol. The summed E-state index contributed by atoms with van der Waals surface area (Å²) in [6.07, 6.45) is 9.81. The lowest BCUT2D eigenvalue weighted by atomic mass is 9.95. The van der Waals surface area contributed by atoms with Gasteiger partial charge in [-0.1, -0.05) is 32.4 Å². The van der Waals surface area contributed by atoms with Gasteiger partial charge in [0.15, 0.2) is 19.3 Å². The minimum atomic E-state index is -1.81. The molecule has 3 saturated heterocycles. The largest absolute Gasteiger partial charge is 0.461 e. The minimum absolute atomic E-state index is 0.0431. The van der Waals surface area contributed by atoms with Crippen LogP contribution in [0, 0.1) is 17.7 Å². The maximum Gasteiger partial charge on any atom is 0.319 e. The van der Waals surface area contributed by atoms with Crippen LogP contribution in [0.2, 0.25) is 23.3 Å². The molecule has 2 bridgehead atoms. The zero-order chi connectivity index (χ0) is 27.6. The van der Waals surface area contributed by atoms with Crippen molar-refractivity contribution in [3.05, 3.63) is 17.2 Å². The van der Waals surface area contributed by atoms with Crippen LogP contribution in [0.1, 0.15) is 65.7 Å². The van der Waals surface area contributed by atoms with Crippen LogP contribution in [0.25, 0.3) is 10.9 Å². The van der Waals surface area contributed by atoms with Crippen molar-refractivity contribution in [3.63, 3.8) is 0 Å². The first-order valence-electron chi connectivity index (χ1n) is 14.8. The Morgan fingerprint density at radius 3 is 2.59 bits per heavy atom. The number of pyridine rings is 1. The third-order valence-electron chi connectivity index (χ3n) is 10.5. The molecule has 5 heterocycles. The summed E-state index contributed by atoms with van der Waals surface area (Å²) in [6, 6.07) is 0.642. The predicted molar refractivity (Wildman–Crippen MR) is 156 cm³/mol. The molecule has 4 atom stereocenters. The number of anilines is 1. The van der Waals surface area contributed by atoms with Gasteiger partial charge < -0.3 is 14.1 Å². The van der Waals surface area contributed by atoms with Crippen LogP contribution in [-0.4, -0.2) is 72.6 Å². The third kappa shape index (κ3) is 5.06. The summed E-state index contributed by atoms with van der Waals surface area (Å²) in [5.41, 5.74) is 0.152. The van der Waals surface area contributed by atoms with E-state index in [2.05, 4.69) is 53.6 Å². The van der Waals surface area contributed by atoms with Gasteiger partial charge in [0.2, 0.25) is 0 Å². The summed E-state index contributed by atoms with van der Waals surface area (Å²) in [5, 5.41) is 0.636. The zero-order valence-corrected chi connectivity index (χ0v) is 25.9. The lowest BCUT2D eigenvalue weighted by molar-refractivity contribution is 0.0663. The van der Waals surface area contributed by atoms with Gasteiger partial charge in [-0.25, -0.2) is 9.37 Å². The van der Waals surface area contributed by atoms with Crippen molar-refractivity contribution in [3.8, 4) is 6.01 Å². The Bertz CT molecular complexity index is 1230. The van der Waals surface area contributed by atoms with Crippen LogP contribution in [-0.2, 0) is 4.43 Å². The Balaban J connectivity index is 1.23. The summed E-state index contributed by atoms with van der Waals surface area (Å²) in [5.74, 6) is 1.45. The molecule has 0 radical (unpaired) electrons. The van der Waals surface area contributed by atoms with E-state index >= 15 is 4.39 Å². The average Bonchev–Trinajstić information content (AvgIpc) is 3.56. The van der Waals surface area contributed by atoms with Crippen LogP contribution in [0.3, 0.4) is 0 Å². The van der Waals surface area contributed by atoms with Crippen LogP contribution in [0.15, 0.2) is 6.20 Å². The van der Waals surface area contributed by atoms with Crippen molar-refractivity contribution in [2.75, 3.05) is 37.7 Å². The second-order valence-corrected chi connectivity index (χ2v) is 19.1. The van der Waals surface area contributed by atoms with E-state index in [-0.39, 0.29) is 27.3 Å². The van der Waals surface area contributed by atoms with Crippen molar-refractivity contribution < 1.29 is 13.6 Å². The number of nitrogens with zero attached hydrogens (tertiary/aromatic N) is 5. The monoisotopic (exact) mass is 575 g/mol. The normalized spacial score (nSPS) is 29.4. The van der Waals surface area contributed by atoms with E-state index in [0.29, 0.717) is 29.9 Å². The van der Waals surface area contributed by atoms with Crippen molar-refractivity contribution in [2.45, 2.75) is 95.4 Å². The van der Waals surface area contributed by atoms with Crippen molar-refractivity contribution in [2.24, 2.45) is 11.8 Å². The quantitative estimate of drug-likeness (QED) is 0.277. The first kappa shape index (κ1) is 27.6. The van der Waals surface area contributed by atoms with Gasteiger partial charge in [-0.3, -0.25) is 4.90 Å². The summed E-state index contributed by atoms with van der Waals surface area (Å²) < 4.78 is 28.2. The van der Waals surface area contributed by atoms with E-state index in [9.17, 15) is 0 Å². The Morgan fingerprint density at radius 1 is 1.13 bits per heavy atom. The lowest BCUT2D eigenvalue weighted by Gasteiger charge is -2.39. The molecule has 0 N–H and O–H groups in total. The Hall–Kier alpha value is -1.55. The molecule has 2 aromatic rings. The van der Waals surface area contributed by atoms with E-state index in [1.54, 1.807) is 6.20 Å². The highest BCUT2D eigenvalue weighted by molar-refractivity contribution is 6.74. The molecule has 214 valence electrons. The number of halogens is 2. The number of aromatic nitrogens is 3. The van der Waals surface area contributed by atoms with Crippen LogP contribution < -0.4 is 9.64 Å². The molecule has 0 spiro atoms. The standard InChI is InChI=1S/C29H43ClFN5O2Si/c1-28(2,3)39(4,5)38-17-21-9-11-29(10-6-12-36(21)29)18-37-27-33-24-22(14-32-25(30)23(24)31)26(34-27)35-15-19-7-8-20(13-19)16-35/h14,19-21H,6-13,15-18H2,1-5H3/t19?,20?,21-,29?/m1/s1. The first-order chi connectivity index (χ1) is 18.5. The number of hydrogen-bond donors (Lipinski definition) is 0. The van der Waals surface area contributed by atoms with E-state index in [1.807, 2.05) is 0 Å². The van der Waals surface area contributed by atoms with Gasteiger partial charge >= 0.3 is 6.01 Å². The van der Waals surface area contributed by atoms with Gasteiger partial charge in [-0.2, -0.15) is 9.97 Å². The predicted octanol–water partition coefficient (Wildman–Crippen LogP) is 6.45. The van der Waals surface area contributed by atoms with E-state index in [1.165, 1.54) is 19.3 Å². The molecule has 2 aromatic heterocycles. The number of fused-ring (bicyclic) bond motifs is 4. The summed E-state index contributed by atoms with van der Waals surface area (Å²) >= 11 is 6.08. The zero-order valence-electron chi connectivity index (χ0n) is 24.1. The fraction of sp³-hybridized carbons (Fsp3) is 0.759. The molecule has 39 heavy (non-hydrogen) atoms. The molecule has 0 aromatic carbocycles. The van der Waals surface area contributed by atoms with E-state index in [0.717, 1.165) is 57.7 Å². The first-order valence-corrected chi connectivity index (χ1v) is 18.0. The second-order valence-electron chi connectivity index (χ2n) is 14.0. The van der Waals surface area contributed by atoms with E-state index < -0.39 is 14.1 Å². The Morgan fingerprint density at radius 2 is 1.87 bits per heavy atom. The maximum absolute atomic E-state index is 15.2. The molecule has 10 heteroatoms. The fourth-order valence-corrected chi connectivity index (χ4v) is 8.38. The van der Waals surface area contributed by atoms with Crippen molar-refractivity contribution in [1.82, 2.24) is 19.9 Å². The Labute approximate surface area is 237 Å². The van der Waals surface area contributed by atoms with Crippen LogP contribution in [0.5, 0.6) is 6.01 Å². The Kier molecular flexibility index (Phi) is 7.13. The molecular formula is C29H43ClFN5O2Si. The van der Waals surface area contributed by atoms with Gasteiger partial charge in [0.25, 0.3) is 0 Å². The van der Waals surface area contributed by atoms with Gasteiger partial charge in [-0.05, 0) is 81.5 Å². The smallest absolute Gasteiger partial charge is 0.319 e. The van der Waals surface area contributed by atoms with Gasteiger partial charge in [0.05, 0.1) is 10.9 Å². The molecule has 3 unspecified atom stereocenters. The second kappa shape index (κ2) is 10.1. The summed E-state index contributed by atoms with van der Waals surface area (Å²) in [6.45, 7) is 15.7. The van der Waals surface area contributed by atoms with Crippen LogP contribution >= 0.6 is 11.6 Å². The highest BCUT2D eigenvalue weighted by atomic mass is 35.5. The van der Waals surface area contributed by atoms with Gasteiger partial charge in [0, 0.05) is 31.9 Å². The number of rotatable bonds is 7. The molecule has 7 nitrogen and oxygen atoms in total. The summed E-state index contributed by atoms with van der Waals surface area (Å²) in [7, 11) is -1.81. The van der Waals surface area contributed by atoms with E-state index in [4.69, 9.17) is 25.7 Å². The molecule has 4 fully saturated rings. The number of piperidine rings is 1. The maximum atomic E-state index is 15.2. The molecule has 0 amide bonds. The van der Waals surface area contributed by atoms with Crippen molar-refractivity contribution >= 4 is 36.6 Å². The highest BCUT2D eigenvalue weighted by Crippen LogP contribution is 2.45. The summed E-state index contributed by atoms with van der Waals surface area (Å²) in [4.78, 5) is 18.4. The SMILES string of the molecule is CC(C)(C)[Si](C)(C)OC[C@H]1CCC2(COc3nc(N4CC5CCC(C5)C4)c4cnc(Cl)c(F)c4n3)CCCN12. The highest BCUT2D eigenvalue weighted by Gasteiger charge is 2.50. The molecule has 1 aliphatic carbocycles. The van der Waals surface area contributed by atoms with Gasteiger partial charge in [-0.15, -0.1) is 0 Å². The molecule has 4 aliphatic rings. The molecule has 3 aliphatic heterocycles. The lowest BCUT2D eigenvalue weighted by Crippen LogP contribution is -2.50. The molecular weight excluding hydrogens is 533 g/mol. The minimum Gasteiger partial charge on any atom is -0.461 e. The van der Waals surface area contributed by atoms with Crippen molar-refractivity contribution in [1.29, 1.82) is 0 Å².